The van der Waals surface area contributed by atoms with Crippen LogP contribution in [0.3, 0.4) is 0 Å². The molecular weight excluding hydrogens is 450 g/mol. The van der Waals surface area contributed by atoms with Crippen molar-refractivity contribution in [3.63, 3.8) is 0 Å². The van der Waals surface area contributed by atoms with Gasteiger partial charge in [-0.15, -0.1) is 0 Å². The van der Waals surface area contributed by atoms with Gasteiger partial charge in [-0.3, -0.25) is 9.80 Å². The van der Waals surface area contributed by atoms with Crippen LogP contribution in [0.15, 0.2) is 95.0 Å². The minimum atomic E-state index is -1.38. The molecule has 3 aliphatic rings. The summed E-state index contributed by atoms with van der Waals surface area (Å²) in [5, 5.41) is 6.60. The number of fused-ring (bicyclic) bond motifs is 4. The minimum Gasteiger partial charge on any atom is -0.405 e. The first-order valence-electron chi connectivity index (χ1n) is 12.2. The Hall–Kier alpha value is -4.06. The highest BCUT2D eigenvalue weighted by Crippen LogP contribution is 2.59. The first kappa shape index (κ1) is 22.4. The number of hydrogen-bond acceptors (Lipinski definition) is 6. The van der Waals surface area contributed by atoms with Crippen LogP contribution < -0.4 is 0 Å². The highest BCUT2D eigenvalue weighted by molar-refractivity contribution is 6.10. The summed E-state index contributed by atoms with van der Waals surface area (Å²) in [6.07, 6.45) is 1.78. The van der Waals surface area contributed by atoms with Crippen molar-refractivity contribution < 1.29 is 14.3 Å². The third-order valence-corrected chi connectivity index (χ3v) is 7.37. The monoisotopic (exact) mass is 477 g/mol. The Balaban J connectivity index is 1.66. The molecule has 180 valence electrons. The summed E-state index contributed by atoms with van der Waals surface area (Å²) in [4.78, 5) is 33.3. The van der Waals surface area contributed by atoms with Crippen LogP contribution >= 0.6 is 0 Å². The molecule has 0 N–H and O–H groups in total. The van der Waals surface area contributed by atoms with Crippen LogP contribution in [-0.2, 0) is 14.3 Å². The standard InChI is InChI=1S/C30H27N3O3/c1-29(2,3)26(34)24-23(19-12-6-4-7-13-19)30(25-22-17-11-10-16-21(22)18-31-33(24)25)28(35)36-27(32-30)20-14-8-5-9-15-20/h4-18,23-25H,1-3H3/t23-,24-,25-,30+/m0/s1. The van der Waals surface area contributed by atoms with Gasteiger partial charge in [-0.05, 0) is 28.8 Å². The molecule has 1 fully saturated rings. The van der Waals surface area contributed by atoms with E-state index in [0.29, 0.717) is 0 Å². The van der Waals surface area contributed by atoms with E-state index in [0.717, 1.165) is 22.3 Å². The number of aliphatic imine (C=N–C) groups is 1. The number of nitrogens with zero attached hydrogens (tertiary/aromatic N) is 3. The SMILES string of the molecule is CC(C)(C)C(=O)[C@@H]1[C@H](c2ccccc2)[C@@]2(N=C(c3ccccc3)OC2=O)[C@@H]2c3ccccc3C=NN12. The quantitative estimate of drug-likeness (QED) is 0.503. The van der Waals surface area contributed by atoms with Gasteiger partial charge >= 0.3 is 5.97 Å². The Morgan fingerprint density at radius 2 is 1.56 bits per heavy atom. The van der Waals surface area contributed by atoms with Crippen molar-refractivity contribution in [3.05, 3.63) is 107 Å². The summed E-state index contributed by atoms with van der Waals surface area (Å²) in [6.45, 7) is 5.72. The second-order valence-corrected chi connectivity index (χ2v) is 10.6. The molecule has 0 amide bonds. The maximum absolute atomic E-state index is 14.1. The number of benzene rings is 3. The summed E-state index contributed by atoms with van der Waals surface area (Å²) < 4.78 is 5.94. The topological polar surface area (TPSA) is 71.3 Å². The molecule has 0 aromatic heterocycles. The molecule has 6 rings (SSSR count). The van der Waals surface area contributed by atoms with Crippen LogP contribution in [-0.4, -0.2) is 40.5 Å². The lowest BCUT2D eigenvalue weighted by Crippen LogP contribution is -2.45. The molecule has 0 bridgehead atoms. The van der Waals surface area contributed by atoms with E-state index in [1.54, 1.807) is 6.21 Å². The zero-order valence-electron chi connectivity index (χ0n) is 20.5. The lowest BCUT2D eigenvalue weighted by molar-refractivity contribution is -0.140. The molecule has 1 spiro atoms. The van der Waals surface area contributed by atoms with Gasteiger partial charge in [-0.2, -0.15) is 5.10 Å². The average Bonchev–Trinajstić information content (AvgIpc) is 3.39. The van der Waals surface area contributed by atoms with Gasteiger partial charge in [0.1, 0.15) is 12.1 Å². The number of hydrazone groups is 1. The molecule has 0 aliphatic carbocycles. The summed E-state index contributed by atoms with van der Waals surface area (Å²) in [7, 11) is 0. The molecule has 1 saturated heterocycles. The Morgan fingerprint density at radius 3 is 2.25 bits per heavy atom. The number of ketones is 1. The van der Waals surface area contributed by atoms with E-state index in [4.69, 9.17) is 14.8 Å². The number of carbonyl (C=O) groups is 2. The van der Waals surface area contributed by atoms with Crippen LogP contribution in [0.5, 0.6) is 0 Å². The number of esters is 1. The van der Waals surface area contributed by atoms with Crippen molar-refractivity contribution in [2.75, 3.05) is 0 Å². The summed E-state index contributed by atoms with van der Waals surface area (Å²) in [6, 6.07) is 25.7. The van der Waals surface area contributed by atoms with Gasteiger partial charge in [0.25, 0.3) is 0 Å². The molecule has 3 aliphatic heterocycles. The molecule has 0 unspecified atom stereocenters. The van der Waals surface area contributed by atoms with Crippen molar-refractivity contribution in [1.82, 2.24) is 5.01 Å². The second kappa shape index (κ2) is 7.98. The fourth-order valence-electron chi connectivity index (χ4n) is 5.74. The summed E-state index contributed by atoms with van der Waals surface area (Å²) in [5.41, 5.74) is 1.36. The predicted octanol–water partition coefficient (Wildman–Crippen LogP) is 4.90. The normalized spacial score (nSPS) is 26.4. The Morgan fingerprint density at radius 1 is 0.917 bits per heavy atom. The van der Waals surface area contributed by atoms with E-state index in [-0.39, 0.29) is 11.7 Å². The fourth-order valence-corrected chi connectivity index (χ4v) is 5.74. The van der Waals surface area contributed by atoms with Crippen LogP contribution in [0, 0.1) is 5.41 Å². The molecular formula is C30H27N3O3. The maximum atomic E-state index is 14.1. The van der Waals surface area contributed by atoms with Gasteiger partial charge in [0.2, 0.25) is 5.90 Å². The number of hydrogen-bond donors (Lipinski definition) is 0. The number of ether oxygens (including phenoxy) is 1. The first-order chi connectivity index (χ1) is 17.3. The smallest absolute Gasteiger partial charge is 0.344 e. The Bertz CT molecular complexity index is 1410. The second-order valence-electron chi connectivity index (χ2n) is 10.6. The van der Waals surface area contributed by atoms with Gasteiger partial charge < -0.3 is 4.74 Å². The molecule has 6 nitrogen and oxygen atoms in total. The van der Waals surface area contributed by atoms with Gasteiger partial charge in [-0.1, -0.05) is 93.6 Å². The number of cyclic esters (lactones) is 1. The van der Waals surface area contributed by atoms with Crippen molar-refractivity contribution in [3.8, 4) is 0 Å². The Labute approximate surface area is 210 Å². The summed E-state index contributed by atoms with van der Waals surface area (Å²) in [5.74, 6) is -0.767. The highest BCUT2D eigenvalue weighted by Gasteiger charge is 2.71. The average molecular weight is 478 g/mol. The van der Waals surface area contributed by atoms with Gasteiger partial charge in [0.15, 0.2) is 11.3 Å². The van der Waals surface area contributed by atoms with Crippen molar-refractivity contribution in [1.29, 1.82) is 0 Å². The van der Waals surface area contributed by atoms with E-state index in [1.807, 2.05) is 111 Å². The number of Topliss-reactive ketones (excluding diaryl/α,β-unsaturated/α-hetero) is 1. The van der Waals surface area contributed by atoms with Crippen molar-refractivity contribution >= 4 is 23.9 Å². The van der Waals surface area contributed by atoms with Gasteiger partial charge in [0, 0.05) is 11.0 Å². The Kier molecular flexibility index (Phi) is 4.97. The zero-order chi connectivity index (χ0) is 25.1. The lowest BCUT2D eigenvalue weighted by Gasteiger charge is -2.35. The van der Waals surface area contributed by atoms with E-state index >= 15 is 0 Å². The first-order valence-corrected chi connectivity index (χ1v) is 12.2. The van der Waals surface area contributed by atoms with Crippen LogP contribution in [0.4, 0.5) is 0 Å². The molecule has 0 saturated carbocycles. The highest BCUT2D eigenvalue weighted by atomic mass is 16.6. The van der Waals surface area contributed by atoms with Crippen LogP contribution in [0.2, 0.25) is 0 Å². The third-order valence-electron chi connectivity index (χ3n) is 7.37. The van der Waals surface area contributed by atoms with Crippen LogP contribution in [0.25, 0.3) is 0 Å². The number of rotatable bonds is 3. The summed E-state index contributed by atoms with van der Waals surface area (Å²) >= 11 is 0. The zero-order valence-corrected chi connectivity index (χ0v) is 20.5. The van der Waals surface area contributed by atoms with E-state index in [9.17, 15) is 9.59 Å². The maximum Gasteiger partial charge on any atom is 0.344 e. The van der Waals surface area contributed by atoms with Crippen LogP contribution in [0.1, 0.15) is 55.0 Å². The molecule has 3 heterocycles. The molecule has 4 atom stereocenters. The third kappa shape index (κ3) is 3.17. The largest absolute Gasteiger partial charge is 0.405 e. The van der Waals surface area contributed by atoms with Crippen molar-refractivity contribution in [2.24, 2.45) is 15.5 Å². The van der Waals surface area contributed by atoms with E-state index in [1.165, 1.54) is 0 Å². The van der Waals surface area contributed by atoms with E-state index in [2.05, 4.69) is 0 Å². The minimum absolute atomic E-state index is 0.00548. The molecule has 3 aromatic carbocycles. The fraction of sp³-hybridized carbons (Fsp3) is 0.267. The molecule has 36 heavy (non-hydrogen) atoms. The van der Waals surface area contributed by atoms with Crippen molar-refractivity contribution in [2.45, 2.75) is 44.3 Å². The predicted molar refractivity (Wildman–Crippen MR) is 138 cm³/mol. The van der Waals surface area contributed by atoms with E-state index < -0.39 is 34.9 Å². The lowest BCUT2D eigenvalue weighted by atomic mass is 9.70. The van der Waals surface area contributed by atoms with Gasteiger partial charge in [-0.25, -0.2) is 9.79 Å². The molecule has 3 aromatic rings. The van der Waals surface area contributed by atoms with Gasteiger partial charge in [0.05, 0.1) is 12.1 Å². The number of carbonyl (C=O) groups excluding carboxylic acids is 2. The molecule has 6 heteroatoms. The molecule has 0 radical (unpaired) electrons.